The van der Waals surface area contributed by atoms with E-state index >= 15 is 0 Å². The van der Waals surface area contributed by atoms with Gasteiger partial charge in [-0.1, -0.05) is 5.16 Å². The van der Waals surface area contributed by atoms with Gasteiger partial charge in [-0.3, -0.25) is 4.84 Å². The quantitative estimate of drug-likeness (QED) is 0.593. The normalized spacial score (nSPS) is 12.0. The molecule has 0 radical (unpaired) electrons. The second kappa shape index (κ2) is 4.38. The lowest BCUT2D eigenvalue weighted by Crippen LogP contribution is -2.24. The number of hydrogen-bond donors (Lipinski definition) is 1. The van der Waals surface area contributed by atoms with Crippen molar-refractivity contribution in [3.63, 3.8) is 0 Å². The molecule has 0 saturated carbocycles. The van der Waals surface area contributed by atoms with Gasteiger partial charge in [0.25, 0.3) is 0 Å². The summed E-state index contributed by atoms with van der Waals surface area (Å²) >= 11 is 0. The molecule has 0 aromatic carbocycles. The van der Waals surface area contributed by atoms with Crippen LogP contribution >= 0.6 is 0 Å². The Morgan fingerprint density at radius 3 is 2.71 bits per heavy atom. The summed E-state index contributed by atoms with van der Waals surface area (Å²) in [6, 6.07) is 0. The summed E-state index contributed by atoms with van der Waals surface area (Å²) in [4.78, 5) is 7.86. The molecule has 1 N–H and O–H groups in total. The molecule has 0 saturated heterocycles. The predicted octanol–water partition coefficient (Wildman–Crippen LogP) is 0.962. The molecule has 1 rings (SSSR count). The molecule has 1 heterocycles. The molecule has 1 aromatic rings. The lowest BCUT2D eigenvalue weighted by atomic mass is 10.6. The highest BCUT2D eigenvalue weighted by molar-refractivity contribution is 4.81. The lowest BCUT2D eigenvalue weighted by Gasteiger charge is -2.06. The van der Waals surface area contributed by atoms with Crippen LogP contribution < -0.4 is 5.48 Å². The highest BCUT2D eigenvalue weighted by atomic mass is 19.4. The Balaban J connectivity index is 2.16. The first-order valence-electron chi connectivity index (χ1n) is 3.68. The van der Waals surface area contributed by atoms with Crippen LogP contribution in [0.3, 0.4) is 0 Å². The number of hydrogen-bond acceptors (Lipinski definition) is 5. The molecule has 0 unspecified atom stereocenters. The maximum absolute atomic E-state index is 11.6. The summed E-state index contributed by atoms with van der Waals surface area (Å²) in [5.74, 6) is 0.585. The molecule has 0 aliphatic carbocycles. The summed E-state index contributed by atoms with van der Waals surface area (Å²) in [7, 11) is 0. The molecule has 0 amide bonds. The van der Waals surface area contributed by atoms with Crippen molar-refractivity contribution in [1.82, 2.24) is 15.6 Å². The van der Waals surface area contributed by atoms with Crippen molar-refractivity contribution >= 4 is 0 Å². The van der Waals surface area contributed by atoms with Crippen LogP contribution in [0.4, 0.5) is 13.2 Å². The summed E-state index contributed by atoms with van der Waals surface area (Å²) in [5, 5.41) is 3.44. The number of hydroxylamine groups is 1. The third-order valence-electron chi connectivity index (χ3n) is 1.14. The Labute approximate surface area is 77.2 Å². The van der Waals surface area contributed by atoms with E-state index in [-0.39, 0.29) is 12.4 Å². The SMILES string of the molecule is Cc1nc(CNOCC(F)(F)F)no1. The van der Waals surface area contributed by atoms with E-state index in [0.29, 0.717) is 5.89 Å². The molecule has 1 aromatic heterocycles. The summed E-state index contributed by atoms with van der Waals surface area (Å²) < 4.78 is 39.3. The van der Waals surface area contributed by atoms with Crippen LogP contribution in [-0.2, 0) is 11.4 Å². The minimum atomic E-state index is -4.35. The van der Waals surface area contributed by atoms with Crippen LogP contribution in [0.15, 0.2) is 4.52 Å². The van der Waals surface area contributed by atoms with E-state index in [4.69, 9.17) is 0 Å². The number of nitrogens with one attached hydrogen (secondary N) is 1. The number of aryl methyl sites for hydroxylation is 1. The maximum atomic E-state index is 11.6. The van der Waals surface area contributed by atoms with Gasteiger partial charge in [-0.25, -0.2) is 0 Å². The van der Waals surface area contributed by atoms with Gasteiger partial charge >= 0.3 is 6.18 Å². The Hall–Kier alpha value is -1.15. The second-order valence-corrected chi connectivity index (χ2v) is 2.45. The lowest BCUT2D eigenvalue weighted by molar-refractivity contribution is -0.190. The number of rotatable bonds is 4. The molecule has 0 aliphatic heterocycles. The first kappa shape index (κ1) is 10.9. The van der Waals surface area contributed by atoms with E-state index in [1.165, 1.54) is 0 Å². The average molecular weight is 211 g/mol. The van der Waals surface area contributed by atoms with Gasteiger partial charge < -0.3 is 4.52 Å². The predicted molar refractivity (Wildman–Crippen MR) is 37.9 cm³/mol. The molecule has 0 atom stereocenters. The van der Waals surface area contributed by atoms with Gasteiger partial charge in [0.05, 0.1) is 6.54 Å². The highest BCUT2D eigenvalue weighted by Crippen LogP contribution is 2.13. The number of nitrogens with zero attached hydrogens (tertiary/aromatic N) is 2. The molecule has 8 heteroatoms. The Kier molecular flexibility index (Phi) is 3.42. The number of alkyl halides is 3. The molecular formula is C6H8F3N3O2. The van der Waals surface area contributed by atoms with Gasteiger partial charge in [0.2, 0.25) is 5.89 Å². The highest BCUT2D eigenvalue weighted by Gasteiger charge is 2.27. The molecular weight excluding hydrogens is 203 g/mol. The first-order chi connectivity index (χ1) is 6.47. The van der Waals surface area contributed by atoms with E-state index in [9.17, 15) is 13.2 Å². The van der Waals surface area contributed by atoms with Gasteiger partial charge in [-0.2, -0.15) is 23.6 Å². The second-order valence-electron chi connectivity index (χ2n) is 2.45. The van der Waals surface area contributed by atoms with Gasteiger partial charge in [0.1, 0.15) is 0 Å². The molecule has 0 spiro atoms. The van der Waals surface area contributed by atoms with Crippen molar-refractivity contribution in [3.05, 3.63) is 11.7 Å². The maximum Gasteiger partial charge on any atom is 0.413 e. The number of aromatic nitrogens is 2. The minimum Gasteiger partial charge on any atom is -0.340 e. The van der Waals surface area contributed by atoms with Crippen LogP contribution in [0.1, 0.15) is 11.7 Å². The van der Waals surface area contributed by atoms with E-state index in [0.717, 1.165) is 0 Å². The van der Waals surface area contributed by atoms with Crippen LogP contribution in [0.5, 0.6) is 0 Å². The zero-order valence-corrected chi connectivity index (χ0v) is 7.26. The topological polar surface area (TPSA) is 60.2 Å². The smallest absolute Gasteiger partial charge is 0.340 e. The zero-order chi connectivity index (χ0) is 10.6. The largest absolute Gasteiger partial charge is 0.413 e. The number of halogens is 3. The van der Waals surface area contributed by atoms with E-state index in [2.05, 4.69) is 25.0 Å². The molecule has 5 nitrogen and oxygen atoms in total. The van der Waals surface area contributed by atoms with Crippen LogP contribution in [0.2, 0.25) is 0 Å². The monoisotopic (exact) mass is 211 g/mol. The van der Waals surface area contributed by atoms with Crippen LogP contribution in [-0.4, -0.2) is 22.9 Å². The average Bonchev–Trinajstić information content (AvgIpc) is 2.44. The fourth-order valence-electron chi connectivity index (χ4n) is 0.662. The molecule has 0 aliphatic rings. The fraction of sp³-hybridized carbons (Fsp3) is 0.667. The Morgan fingerprint density at radius 1 is 1.50 bits per heavy atom. The zero-order valence-electron chi connectivity index (χ0n) is 7.26. The van der Waals surface area contributed by atoms with E-state index < -0.39 is 12.8 Å². The van der Waals surface area contributed by atoms with Gasteiger partial charge in [-0.15, -0.1) is 0 Å². The first-order valence-corrected chi connectivity index (χ1v) is 3.68. The van der Waals surface area contributed by atoms with Crippen molar-refractivity contribution in [2.45, 2.75) is 19.6 Å². The molecule has 0 fully saturated rings. The van der Waals surface area contributed by atoms with Crippen molar-refractivity contribution in [2.24, 2.45) is 0 Å². The van der Waals surface area contributed by atoms with Gasteiger partial charge in [-0.05, 0) is 0 Å². The van der Waals surface area contributed by atoms with Crippen LogP contribution in [0, 0.1) is 6.92 Å². The van der Waals surface area contributed by atoms with Crippen molar-refractivity contribution < 1.29 is 22.5 Å². The Bertz CT molecular complexity index is 286. The molecule has 0 bridgehead atoms. The van der Waals surface area contributed by atoms with Crippen molar-refractivity contribution in [1.29, 1.82) is 0 Å². The Morgan fingerprint density at radius 2 is 2.21 bits per heavy atom. The van der Waals surface area contributed by atoms with Gasteiger partial charge in [0, 0.05) is 6.92 Å². The van der Waals surface area contributed by atoms with Gasteiger partial charge in [0.15, 0.2) is 12.4 Å². The summed E-state index contributed by atoms with van der Waals surface area (Å²) in [5.41, 5.74) is 2.07. The summed E-state index contributed by atoms with van der Waals surface area (Å²) in [6.45, 7) is 0.185. The van der Waals surface area contributed by atoms with Crippen LogP contribution in [0.25, 0.3) is 0 Å². The molecule has 14 heavy (non-hydrogen) atoms. The van der Waals surface area contributed by atoms with E-state index in [1.54, 1.807) is 6.92 Å². The standard InChI is InChI=1S/C6H8F3N3O2/c1-4-11-5(12-14-4)2-10-13-3-6(7,8)9/h10H,2-3H2,1H3. The third-order valence-corrected chi connectivity index (χ3v) is 1.14. The minimum absolute atomic E-state index is 0.0343. The van der Waals surface area contributed by atoms with E-state index in [1.807, 2.05) is 0 Å². The third kappa shape index (κ3) is 4.19. The summed E-state index contributed by atoms with van der Waals surface area (Å²) in [6.07, 6.45) is -4.35. The molecule has 80 valence electrons. The fourth-order valence-corrected chi connectivity index (χ4v) is 0.662. The van der Waals surface area contributed by atoms with Crippen molar-refractivity contribution in [3.8, 4) is 0 Å². The van der Waals surface area contributed by atoms with Crippen molar-refractivity contribution in [2.75, 3.05) is 6.61 Å².